The molecule has 0 radical (unpaired) electrons. The Balaban J connectivity index is 1.75. The molecule has 7 heteroatoms. The molecule has 30 heavy (non-hydrogen) atoms. The Bertz CT molecular complexity index is 1100. The molecule has 6 nitrogen and oxygen atoms in total. The normalized spacial score (nSPS) is 12.3. The van der Waals surface area contributed by atoms with Gasteiger partial charge in [-0.25, -0.2) is 17.9 Å². The summed E-state index contributed by atoms with van der Waals surface area (Å²) >= 11 is 0. The first-order valence-electron chi connectivity index (χ1n) is 9.59. The molecule has 0 saturated carbocycles. The van der Waals surface area contributed by atoms with Gasteiger partial charge in [-0.05, 0) is 42.7 Å². The van der Waals surface area contributed by atoms with Gasteiger partial charge in [0.15, 0.2) is 0 Å². The van der Waals surface area contributed by atoms with Crippen LogP contribution in [0.3, 0.4) is 0 Å². The van der Waals surface area contributed by atoms with Crippen molar-refractivity contribution in [2.45, 2.75) is 24.3 Å². The number of hydrogen-bond acceptors (Lipinski definition) is 4. The molecule has 0 heterocycles. The predicted octanol–water partition coefficient (Wildman–Crippen LogP) is 4.08. The number of sulfonamides is 1. The van der Waals surface area contributed by atoms with Crippen molar-refractivity contribution in [3.05, 3.63) is 95.6 Å². The van der Waals surface area contributed by atoms with E-state index in [1.54, 1.807) is 0 Å². The minimum atomic E-state index is -3.82. The third-order valence-corrected chi connectivity index (χ3v) is 6.21. The van der Waals surface area contributed by atoms with Gasteiger partial charge in [-0.1, -0.05) is 60.7 Å². The van der Waals surface area contributed by atoms with Crippen LogP contribution in [-0.4, -0.2) is 26.0 Å². The lowest BCUT2D eigenvalue weighted by atomic mass is 10.1. The van der Waals surface area contributed by atoms with Gasteiger partial charge >= 0.3 is 5.97 Å². The van der Waals surface area contributed by atoms with Crippen molar-refractivity contribution in [2.75, 3.05) is 11.9 Å². The van der Waals surface area contributed by atoms with Crippen molar-refractivity contribution < 1.29 is 18.3 Å². The monoisotopic (exact) mass is 424 g/mol. The fraction of sp³-hybridized carbons (Fsp3) is 0.174. The molecular formula is C23H24N2O4S. The van der Waals surface area contributed by atoms with Gasteiger partial charge in [0.1, 0.15) is 0 Å². The van der Waals surface area contributed by atoms with Crippen LogP contribution in [0.5, 0.6) is 0 Å². The highest BCUT2D eigenvalue weighted by Gasteiger charge is 2.20. The van der Waals surface area contributed by atoms with Crippen LogP contribution in [0.2, 0.25) is 0 Å². The number of benzene rings is 3. The number of carbonyl (C=O) groups is 1. The van der Waals surface area contributed by atoms with Gasteiger partial charge in [-0.2, -0.15) is 0 Å². The van der Waals surface area contributed by atoms with Crippen LogP contribution in [0.1, 0.15) is 34.5 Å². The topological polar surface area (TPSA) is 95.5 Å². The summed E-state index contributed by atoms with van der Waals surface area (Å²) in [5.74, 6) is -1.20. The van der Waals surface area contributed by atoms with E-state index < -0.39 is 16.0 Å². The number of anilines is 1. The van der Waals surface area contributed by atoms with E-state index in [2.05, 4.69) is 10.0 Å². The third kappa shape index (κ3) is 5.46. The summed E-state index contributed by atoms with van der Waals surface area (Å²) in [5.41, 5.74) is 2.28. The molecule has 0 fully saturated rings. The van der Waals surface area contributed by atoms with Crippen molar-refractivity contribution in [3.8, 4) is 0 Å². The molecule has 3 aromatic carbocycles. The van der Waals surface area contributed by atoms with Gasteiger partial charge in [0, 0.05) is 18.3 Å². The first kappa shape index (κ1) is 21.5. The lowest BCUT2D eigenvalue weighted by molar-refractivity contribution is 0.0697. The largest absolute Gasteiger partial charge is 0.478 e. The molecule has 0 aliphatic carbocycles. The molecule has 3 rings (SSSR count). The number of nitrogens with one attached hydrogen (secondary N) is 2. The van der Waals surface area contributed by atoms with Crippen LogP contribution in [0.15, 0.2) is 83.8 Å². The van der Waals surface area contributed by atoms with Gasteiger partial charge in [0.2, 0.25) is 10.0 Å². The molecule has 1 unspecified atom stereocenters. The zero-order valence-corrected chi connectivity index (χ0v) is 17.4. The number of hydrogen-bond donors (Lipinski definition) is 3. The highest BCUT2D eigenvalue weighted by Crippen LogP contribution is 2.25. The highest BCUT2D eigenvalue weighted by atomic mass is 32.2. The first-order valence-corrected chi connectivity index (χ1v) is 11.1. The Morgan fingerprint density at radius 2 is 1.60 bits per heavy atom. The number of carboxylic acid groups (broad SMARTS) is 1. The molecule has 0 bridgehead atoms. The molecule has 3 aromatic rings. The van der Waals surface area contributed by atoms with E-state index in [4.69, 9.17) is 0 Å². The van der Waals surface area contributed by atoms with E-state index in [1.165, 1.54) is 18.2 Å². The zero-order valence-electron chi connectivity index (χ0n) is 16.6. The summed E-state index contributed by atoms with van der Waals surface area (Å²) < 4.78 is 27.8. The molecule has 0 amide bonds. The molecular weight excluding hydrogens is 400 g/mol. The Labute approximate surface area is 176 Å². The van der Waals surface area contributed by atoms with Crippen LogP contribution < -0.4 is 10.0 Å². The van der Waals surface area contributed by atoms with E-state index >= 15 is 0 Å². The van der Waals surface area contributed by atoms with E-state index in [-0.39, 0.29) is 23.0 Å². The zero-order chi connectivity index (χ0) is 21.6. The summed E-state index contributed by atoms with van der Waals surface area (Å²) in [4.78, 5) is 11.7. The Kier molecular flexibility index (Phi) is 6.87. The molecule has 0 aromatic heterocycles. The fourth-order valence-corrected chi connectivity index (χ4v) is 4.17. The molecule has 0 aliphatic heterocycles. The standard InChI is InChI=1S/C23H24N2O4S/c1-17(19-10-6-3-7-11-19)25-22-13-12-20(16-21(22)23(26)27)30(28,29)24-15-14-18-8-4-2-5-9-18/h2-13,16-17,24-25H,14-15H2,1H3,(H,26,27). The van der Waals surface area contributed by atoms with Crippen molar-refractivity contribution in [1.29, 1.82) is 0 Å². The van der Waals surface area contributed by atoms with E-state index in [9.17, 15) is 18.3 Å². The smallest absolute Gasteiger partial charge is 0.337 e. The second kappa shape index (κ2) is 9.56. The summed E-state index contributed by atoms with van der Waals surface area (Å²) in [6, 6.07) is 23.1. The van der Waals surface area contributed by atoms with Crippen molar-refractivity contribution in [2.24, 2.45) is 0 Å². The number of rotatable bonds is 9. The van der Waals surface area contributed by atoms with Crippen molar-refractivity contribution in [1.82, 2.24) is 4.72 Å². The maximum absolute atomic E-state index is 12.6. The lowest BCUT2D eigenvalue weighted by Gasteiger charge is -2.18. The Morgan fingerprint density at radius 1 is 0.967 bits per heavy atom. The molecule has 156 valence electrons. The molecule has 1 atom stereocenters. The van der Waals surface area contributed by atoms with Gasteiger partial charge < -0.3 is 10.4 Å². The highest BCUT2D eigenvalue weighted by molar-refractivity contribution is 7.89. The van der Waals surface area contributed by atoms with Crippen molar-refractivity contribution in [3.63, 3.8) is 0 Å². The third-order valence-electron chi connectivity index (χ3n) is 4.75. The van der Waals surface area contributed by atoms with Gasteiger partial charge in [-0.3, -0.25) is 0 Å². The SMILES string of the molecule is CC(Nc1ccc(S(=O)(=O)NCCc2ccccc2)cc1C(=O)O)c1ccccc1. The summed E-state index contributed by atoms with van der Waals surface area (Å²) in [6.07, 6.45) is 0.542. The second-order valence-electron chi connectivity index (χ2n) is 6.92. The van der Waals surface area contributed by atoms with Crippen molar-refractivity contribution >= 4 is 21.7 Å². The minimum absolute atomic E-state index is 0.0779. The number of carboxylic acids is 1. The lowest BCUT2D eigenvalue weighted by Crippen LogP contribution is -2.26. The van der Waals surface area contributed by atoms with Crippen LogP contribution >= 0.6 is 0 Å². The molecule has 3 N–H and O–H groups in total. The Morgan fingerprint density at radius 3 is 2.23 bits per heavy atom. The molecule has 0 aliphatic rings. The second-order valence-corrected chi connectivity index (χ2v) is 8.69. The minimum Gasteiger partial charge on any atom is -0.478 e. The molecule has 0 saturated heterocycles. The summed E-state index contributed by atoms with van der Waals surface area (Å²) in [6.45, 7) is 2.14. The van der Waals surface area contributed by atoms with Gasteiger partial charge in [-0.15, -0.1) is 0 Å². The predicted molar refractivity (Wildman–Crippen MR) is 117 cm³/mol. The van der Waals surface area contributed by atoms with Crippen LogP contribution in [0, 0.1) is 0 Å². The van der Waals surface area contributed by atoms with E-state index in [0.717, 1.165) is 11.1 Å². The average Bonchev–Trinajstić information content (AvgIpc) is 2.75. The molecule has 0 spiro atoms. The van der Waals surface area contributed by atoms with Gasteiger partial charge in [0.25, 0.3) is 0 Å². The van der Waals surface area contributed by atoms with E-state index in [1.807, 2.05) is 67.6 Å². The summed E-state index contributed by atoms with van der Waals surface area (Å²) in [5, 5.41) is 12.8. The summed E-state index contributed by atoms with van der Waals surface area (Å²) in [7, 11) is -3.82. The van der Waals surface area contributed by atoms with Gasteiger partial charge in [0.05, 0.1) is 10.5 Å². The maximum Gasteiger partial charge on any atom is 0.337 e. The van der Waals surface area contributed by atoms with Crippen LogP contribution in [0.4, 0.5) is 5.69 Å². The quantitative estimate of drug-likeness (QED) is 0.481. The maximum atomic E-state index is 12.6. The first-order chi connectivity index (χ1) is 14.4. The Hall–Kier alpha value is -3.16. The fourth-order valence-electron chi connectivity index (χ4n) is 3.11. The van der Waals surface area contributed by atoms with E-state index in [0.29, 0.717) is 12.1 Å². The number of aromatic carboxylic acids is 1. The van der Waals surface area contributed by atoms with Crippen LogP contribution in [0.25, 0.3) is 0 Å². The average molecular weight is 425 g/mol. The van der Waals surface area contributed by atoms with Crippen LogP contribution in [-0.2, 0) is 16.4 Å².